The van der Waals surface area contributed by atoms with E-state index in [1.165, 1.54) is 23.9 Å². The first-order valence-corrected chi connectivity index (χ1v) is 15.6. The van der Waals surface area contributed by atoms with Crippen molar-refractivity contribution in [2.45, 2.75) is 74.9 Å². The molecule has 48 heavy (non-hydrogen) atoms. The molecule has 3 rings (SSSR count). The summed E-state index contributed by atoms with van der Waals surface area (Å²) in [7, 11) is 0. The number of hydrogen-bond acceptors (Lipinski definition) is 7. The number of aromatic nitrogens is 4. The van der Waals surface area contributed by atoms with Gasteiger partial charge in [0.25, 0.3) is 0 Å². The molecule has 0 fully saturated rings. The minimum atomic E-state index is -6.90. The smallest absolute Gasteiger partial charge is 0.460 e. The Labute approximate surface area is 275 Å². The zero-order chi connectivity index (χ0) is 35.6. The molecule has 0 aliphatic heterocycles. The Morgan fingerprint density at radius 2 is 1.54 bits per heavy atom. The maximum absolute atomic E-state index is 13.6. The largest absolute Gasteiger partial charge is 0.494 e. The molecule has 0 radical (unpaired) electrons. The van der Waals surface area contributed by atoms with Gasteiger partial charge in [0.1, 0.15) is 11.9 Å². The molecule has 7 nitrogen and oxygen atoms in total. The lowest BCUT2D eigenvalue weighted by Gasteiger charge is -2.33. The van der Waals surface area contributed by atoms with Crippen molar-refractivity contribution in [3.63, 3.8) is 0 Å². The third-order valence-corrected chi connectivity index (χ3v) is 8.12. The minimum absolute atomic E-state index is 0.0528. The summed E-state index contributed by atoms with van der Waals surface area (Å²) in [6, 6.07) is 15.4. The minimum Gasteiger partial charge on any atom is -0.494 e. The van der Waals surface area contributed by atoms with Crippen LogP contribution >= 0.6 is 11.8 Å². The summed E-state index contributed by atoms with van der Waals surface area (Å²) in [4.78, 5) is 0. The normalized spacial score (nSPS) is 14.6. The average molecular weight is 713 g/mol. The van der Waals surface area contributed by atoms with Crippen LogP contribution in [0.3, 0.4) is 0 Å². The third-order valence-electron chi connectivity index (χ3n) is 6.94. The summed E-state index contributed by atoms with van der Waals surface area (Å²) in [5.74, 6) is -12.7. The molecule has 3 atom stereocenters. The van der Waals surface area contributed by atoms with Gasteiger partial charge >= 0.3 is 23.9 Å². The molecule has 1 aromatic heterocycles. The van der Waals surface area contributed by atoms with Gasteiger partial charge in [-0.3, -0.25) is 0 Å². The lowest BCUT2D eigenvalue weighted by molar-refractivity contribution is -0.396. The quantitative estimate of drug-likeness (QED) is 0.0668. The highest BCUT2D eigenvalue weighted by molar-refractivity contribution is 7.99. The van der Waals surface area contributed by atoms with Crippen LogP contribution in [0.5, 0.6) is 5.75 Å². The van der Waals surface area contributed by atoms with Crippen LogP contribution in [-0.4, -0.2) is 74.3 Å². The van der Waals surface area contributed by atoms with Crippen LogP contribution in [0.2, 0.25) is 0 Å². The van der Waals surface area contributed by atoms with Crippen molar-refractivity contribution in [2.75, 3.05) is 19.0 Å². The monoisotopic (exact) mass is 712 g/mol. The van der Waals surface area contributed by atoms with Crippen LogP contribution in [0, 0.1) is 23.7 Å². The molecular weight excluding hydrogens is 679 g/mol. The highest BCUT2D eigenvalue weighted by Gasteiger charge is 2.81. The van der Waals surface area contributed by atoms with E-state index in [1.54, 1.807) is 16.8 Å². The standard InChI is InChI=1S/C31H33F9N4O3S/c1-21(20-48-27-41-42-43-44(27)24-7-4-3-5-8-24)9-14-26(45)22(2)15-18-46-19-23-10-12-25(13-11-23)47-17-6-16-28(32,33)29(34,35)30(36,37)31(38,39)40/h3-5,7-8,10-13,21-22,26,45H,6,15-20H2,1-2H3/t21-,22+,26?/m0/s1. The maximum Gasteiger partial charge on any atom is 0.460 e. The highest BCUT2D eigenvalue weighted by atomic mass is 32.2. The molecule has 1 N–H and O–H groups in total. The maximum atomic E-state index is 13.6. The fraction of sp³-hybridized carbons (Fsp3) is 0.516. The summed E-state index contributed by atoms with van der Waals surface area (Å²) in [6.07, 6.45) is -10.1. The topological polar surface area (TPSA) is 82.3 Å². The molecular formula is C31H33F9N4O3S. The summed E-state index contributed by atoms with van der Waals surface area (Å²) in [6.45, 7) is 3.62. The Kier molecular flexibility index (Phi) is 13.6. The molecule has 0 amide bonds. The number of nitrogens with zero attached hydrogens (tertiary/aromatic N) is 4. The number of alkyl halides is 9. The number of aliphatic hydroxyl groups is 1. The van der Waals surface area contributed by atoms with E-state index in [2.05, 4.69) is 27.4 Å². The summed E-state index contributed by atoms with van der Waals surface area (Å²) < 4.78 is 129. The van der Waals surface area contributed by atoms with Crippen LogP contribution in [0.4, 0.5) is 39.5 Å². The SMILES string of the molecule is C[C@H](CCOCc1ccc(OCCCC(F)(F)C(F)(F)C(F)(F)C(F)(F)F)cc1)C(O)C#C[C@H](C)CSc1nnnn1-c1ccccc1. The number of para-hydroxylation sites is 1. The molecule has 17 heteroatoms. The number of aliphatic hydroxyl groups excluding tert-OH is 1. The summed E-state index contributed by atoms with van der Waals surface area (Å²) >= 11 is 1.45. The molecule has 0 aliphatic rings. The number of hydrogen-bond donors (Lipinski definition) is 1. The molecule has 0 spiro atoms. The van der Waals surface area contributed by atoms with Crippen molar-refractivity contribution in [3.05, 3.63) is 60.2 Å². The van der Waals surface area contributed by atoms with Gasteiger partial charge in [0, 0.05) is 24.7 Å². The van der Waals surface area contributed by atoms with Crippen molar-refractivity contribution in [1.29, 1.82) is 0 Å². The molecule has 0 saturated heterocycles. The molecule has 0 bridgehead atoms. The van der Waals surface area contributed by atoms with Gasteiger partial charge in [0.05, 0.1) is 18.9 Å². The van der Waals surface area contributed by atoms with Gasteiger partial charge in [-0.25, -0.2) is 0 Å². The fourth-order valence-corrected chi connectivity index (χ4v) is 4.80. The number of benzene rings is 2. The van der Waals surface area contributed by atoms with E-state index in [-0.39, 0.29) is 24.2 Å². The first kappa shape index (κ1) is 39.0. The molecule has 1 heterocycles. The number of ether oxygens (including phenoxy) is 2. The molecule has 0 aliphatic carbocycles. The Balaban J connectivity index is 1.34. The molecule has 0 saturated carbocycles. The van der Waals surface area contributed by atoms with Gasteiger partial charge in [-0.2, -0.15) is 44.2 Å². The van der Waals surface area contributed by atoms with Crippen LogP contribution in [0.25, 0.3) is 5.69 Å². The van der Waals surface area contributed by atoms with Crippen molar-refractivity contribution in [2.24, 2.45) is 11.8 Å². The predicted molar refractivity (Wildman–Crippen MR) is 158 cm³/mol. The number of halogens is 9. The Bertz CT molecular complexity index is 1480. The van der Waals surface area contributed by atoms with Crippen LogP contribution in [0.15, 0.2) is 59.8 Å². The van der Waals surface area contributed by atoms with Crippen LogP contribution in [0.1, 0.15) is 38.7 Å². The van der Waals surface area contributed by atoms with E-state index in [4.69, 9.17) is 9.47 Å². The van der Waals surface area contributed by atoms with Gasteiger partial charge in [-0.15, -0.1) is 5.10 Å². The first-order valence-electron chi connectivity index (χ1n) is 14.6. The lowest BCUT2D eigenvalue weighted by Crippen LogP contribution is -2.60. The Morgan fingerprint density at radius 3 is 2.19 bits per heavy atom. The van der Waals surface area contributed by atoms with E-state index >= 15 is 0 Å². The van der Waals surface area contributed by atoms with Crippen molar-refractivity contribution < 1.29 is 54.1 Å². The lowest BCUT2D eigenvalue weighted by atomic mass is 10.00. The molecule has 264 valence electrons. The van der Waals surface area contributed by atoms with Crippen molar-refractivity contribution in [3.8, 4) is 23.3 Å². The Morgan fingerprint density at radius 1 is 0.875 bits per heavy atom. The third kappa shape index (κ3) is 10.3. The predicted octanol–water partition coefficient (Wildman–Crippen LogP) is 7.63. The molecule has 3 aromatic rings. The van der Waals surface area contributed by atoms with E-state index in [0.717, 1.165) is 5.69 Å². The van der Waals surface area contributed by atoms with Crippen LogP contribution < -0.4 is 4.74 Å². The van der Waals surface area contributed by atoms with Gasteiger partial charge in [0.2, 0.25) is 5.16 Å². The second kappa shape index (κ2) is 16.8. The van der Waals surface area contributed by atoms with Crippen molar-refractivity contribution in [1.82, 2.24) is 20.2 Å². The van der Waals surface area contributed by atoms with Crippen molar-refractivity contribution >= 4 is 11.8 Å². The second-order valence-electron chi connectivity index (χ2n) is 10.9. The van der Waals surface area contributed by atoms with E-state index in [9.17, 15) is 44.6 Å². The van der Waals surface area contributed by atoms with E-state index < -0.39 is 49.5 Å². The molecule has 2 aromatic carbocycles. The fourth-order valence-electron chi connectivity index (χ4n) is 3.96. The zero-order valence-electron chi connectivity index (χ0n) is 25.7. The second-order valence-corrected chi connectivity index (χ2v) is 11.9. The summed E-state index contributed by atoms with van der Waals surface area (Å²) in [5, 5.41) is 22.9. The van der Waals surface area contributed by atoms with E-state index in [1.807, 2.05) is 44.2 Å². The van der Waals surface area contributed by atoms with E-state index in [0.29, 0.717) is 29.5 Å². The number of rotatable bonds is 17. The number of thioether (sulfide) groups is 1. The first-order chi connectivity index (χ1) is 22.5. The number of tetrazole rings is 1. The summed E-state index contributed by atoms with van der Waals surface area (Å²) in [5.41, 5.74) is 1.53. The van der Waals surface area contributed by atoms with Gasteiger partial charge < -0.3 is 14.6 Å². The van der Waals surface area contributed by atoms with Gasteiger partial charge in [-0.05, 0) is 59.0 Å². The highest BCUT2D eigenvalue weighted by Crippen LogP contribution is 2.54. The van der Waals surface area contributed by atoms with Gasteiger partial charge in [0.15, 0.2) is 0 Å². The van der Waals surface area contributed by atoms with Gasteiger partial charge in [-0.1, -0.05) is 67.8 Å². The Hall–Kier alpha value is -3.49. The molecule has 1 unspecified atom stereocenters. The zero-order valence-corrected chi connectivity index (χ0v) is 26.6. The average Bonchev–Trinajstić information content (AvgIpc) is 3.52. The van der Waals surface area contributed by atoms with Crippen LogP contribution in [-0.2, 0) is 11.3 Å².